The van der Waals surface area contributed by atoms with Crippen LogP contribution < -0.4 is 10.6 Å². The molecule has 0 aromatic carbocycles. The maximum atomic E-state index is 12.0. The van der Waals surface area contributed by atoms with Crippen molar-refractivity contribution in [2.45, 2.75) is 19.4 Å². The fourth-order valence-electron chi connectivity index (χ4n) is 2.44. The van der Waals surface area contributed by atoms with Crippen molar-refractivity contribution < 1.29 is 4.79 Å². The fourth-order valence-corrected chi connectivity index (χ4v) is 3.39. The minimum atomic E-state index is -0.0442. The second-order valence-electron chi connectivity index (χ2n) is 4.86. The van der Waals surface area contributed by atoms with Crippen molar-refractivity contribution in [3.8, 4) is 0 Å². The smallest absolute Gasteiger partial charge is 0.267 e. The zero-order valence-electron chi connectivity index (χ0n) is 10.8. The third-order valence-electron chi connectivity index (χ3n) is 3.44. The number of H-pyrrole nitrogens is 1. The first-order valence-electron chi connectivity index (χ1n) is 6.47. The van der Waals surface area contributed by atoms with E-state index in [1.165, 1.54) is 10.4 Å². The molecule has 3 N–H and O–H groups in total. The van der Waals surface area contributed by atoms with E-state index in [1.807, 2.05) is 19.2 Å². The lowest BCUT2D eigenvalue weighted by Gasteiger charge is -2.24. The summed E-state index contributed by atoms with van der Waals surface area (Å²) >= 11 is 1.80. The van der Waals surface area contributed by atoms with Gasteiger partial charge >= 0.3 is 0 Å². The largest absolute Gasteiger partial charge is 0.357 e. The molecule has 2 aromatic heterocycles. The van der Waals surface area contributed by atoms with Crippen LogP contribution in [0.2, 0.25) is 0 Å². The Morgan fingerprint density at radius 1 is 1.58 bits per heavy atom. The van der Waals surface area contributed by atoms with E-state index < -0.39 is 0 Å². The lowest BCUT2D eigenvalue weighted by molar-refractivity contribution is 0.0945. The van der Waals surface area contributed by atoms with Crippen LogP contribution in [0.4, 0.5) is 0 Å². The molecule has 1 aliphatic rings. The number of carbonyl (C=O) groups excluding carboxylic acids is 1. The maximum Gasteiger partial charge on any atom is 0.267 e. The van der Waals surface area contributed by atoms with Crippen molar-refractivity contribution in [1.29, 1.82) is 0 Å². The van der Waals surface area contributed by atoms with Gasteiger partial charge < -0.3 is 15.6 Å². The normalized spacial score (nSPS) is 18.1. The van der Waals surface area contributed by atoms with Crippen LogP contribution in [0.15, 0.2) is 23.7 Å². The Morgan fingerprint density at radius 3 is 3.26 bits per heavy atom. The Morgan fingerprint density at radius 2 is 2.47 bits per heavy atom. The average Bonchev–Trinajstić information content (AvgIpc) is 3.04. The summed E-state index contributed by atoms with van der Waals surface area (Å²) in [6.07, 6.45) is 2.93. The second-order valence-corrected chi connectivity index (χ2v) is 5.86. The van der Waals surface area contributed by atoms with Crippen LogP contribution in [0.3, 0.4) is 0 Å². The van der Waals surface area contributed by atoms with Gasteiger partial charge in [-0.2, -0.15) is 0 Å². The molecule has 1 unspecified atom stereocenters. The second kappa shape index (κ2) is 5.19. The zero-order chi connectivity index (χ0) is 13.2. The number of fused-ring (bicyclic) bond motifs is 1. The maximum absolute atomic E-state index is 12.0. The lowest BCUT2D eigenvalue weighted by atomic mass is 10.0. The standard InChI is InChI=1S/C14H17N3OS/c1-9-6-11(16-7-9)14(18)17-8-12-10-3-5-19-13(10)2-4-15-12/h3,5-7,12,15-16H,2,4,8H2,1H3,(H,17,18). The topological polar surface area (TPSA) is 56.9 Å². The van der Waals surface area contributed by atoms with Gasteiger partial charge in [0.15, 0.2) is 0 Å². The van der Waals surface area contributed by atoms with E-state index in [0.717, 1.165) is 18.5 Å². The van der Waals surface area contributed by atoms with Crippen molar-refractivity contribution in [2.24, 2.45) is 0 Å². The molecule has 0 fully saturated rings. The van der Waals surface area contributed by atoms with Gasteiger partial charge in [0.2, 0.25) is 0 Å². The van der Waals surface area contributed by atoms with Crippen LogP contribution in [0, 0.1) is 6.92 Å². The molecule has 0 saturated carbocycles. The van der Waals surface area contributed by atoms with Crippen LogP contribution >= 0.6 is 11.3 Å². The summed E-state index contributed by atoms with van der Waals surface area (Å²) in [5, 5.41) is 8.57. The Balaban J connectivity index is 1.63. The minimum Gasteiger partial charge on any atom is -0.357 e. The Hall–Kier alpha value is -1.59. The molecule has 0 saturated heterocycles. The van der Waals surface area contributed by atoms with Crippen LogP contribution in [0.25, 0.3) is 0 Å². The quantitative estimate of drug-likeness (QED) is 0.802. The number of amides is 1. The van der Waals surface area contributed by atoms with Gasteiger partial charge in [0.25, 0.3) is 5.91 Å². The summed E-state index contributed by atoms with van der Waals surface area (Å²) in [5.74, 6) is -0.0442. The lowest BCUT2D eigenvalue weighted by Crippen LogP contribution is -2.38. The predicted octanol–water partition coefficient (Wildman–Crippen LogP) is 2.00. The summed E-state index contributed by atoms with van der Waals surface area (Å²) in [7, 11) is 0. The molecule has 5 heteroatoms. The molecule has 0 radical (unpaired) electrons. The molecule has 0 bridgehead atoms. The van der Waals surface area contributed by atoms with Crippen LogP contribution in [0.5, 0.6) is 0 Å². The number of aryl methyl sites for hydroxylation is 1. The van der Waals surface area contributed by atoms with E-state index in [9.17, 15) is 4.79 Å². The van der Waals surface area contributed by atoms with Crippen molar-refractivity contribution in [3.63, 3.8) is 0 Å². The number of thiophene rings is 1. The van der Waals surface area contributed by atoms with Crippen molar-refractivity contribution in [3.05, 3.63) is 45.4 Å². The molecule has 1 aliphatic heterocycles. The highest BCUT2D eigenvalue weighted by atomic mass is 32.1. The van der Waals surface area contributed by atoms with Gasteiger partial charge in [-0.1, -0.05) is 0 Å². The highest BCUT2D eigenvalue weighted by Gasteiger charge is 2.21. The van der Waals surface area contributed by atoms with Gasteiger partial charge in [-0.15, -0.1) is 11.3 Å². The summed E-state index contributed by atoms with van der Waals surface area (Å²) in [6.45, 7) is 3.57. The molecule has 4 nitrogen and oxygen atoms in total. The van der Waals surface area contributed by atoms with E-state index >= 15 is 0 Å². The molecule has 2 aromatic rings. The first-order chi connectivity index (χ1) is 9.24. The summed E-state index contributed by atoms with van der Waals surface area (Å²) < 4.78 is 0. The monoisotopic (exact) mass is 275 g/mol. The summed E-state index contributed by atoms with van der Waals surface area (Å²) in [4.78, 5) is 16.4. The molecule has 1 atom stereocenters. The molecule has 100 valence electrons. The predicted molar refractivity (Wildman–Crippen MR) is 76.6 cm³/mol. The van der Waals surface area contributed by atoms with Gasteiger partial charge in [0.05, 0.1) is 6.04 Å². The molecule has 3 heterocycles. The van der Waals surface area contributed by atoms with E-state index in [1.54, 1.807) is 11.3 Å². The Bertz CT molecular complexity index is 587. The average molecular weight is 275 g/mol. The highest BCUT2D eigenvalue weighted by molar-refractivity contribution is 7.10. The first kappa shape index (κ1) is 12.4. The number of aromatic amines is 1. The van der Waals surface area contributed by atoms with Gasteiger partial charge in [-0.3, -0.25) is 4.79 Å². The van der Waals surface area contributed by atoms with E-state index in [4.69, 9.17) is 0 Å². The molecular weight excluding hydrogens is 258 g/mol. The molecule has 3 rings (SSSR count). The van der Waals surface area contributed by atoms with Crippen molar-refractivity contribution in [1.82, 2.24) is 15.6 Å². The molecule has 0 aliphatic carbocycles. The SMILES string of the molecule is Cc1c[nH]c(C(=O)NCC2NCCc3sccc32)c1. The van der Waals surface area contributed by atoms with E-state index in [2.05, 4.69) is 27.1 Å². The van der Waals surface area contributed by atoms with Gasteiger partial charge in [-0.25, -0.2) is 0 Å². The Kier molecular flexibility index (Phi) is 3.40. The van der Waals surface area contributed by atoms with E-state index in [-0.39, 0.29) is 11.9 Å². The highest BCUT2D eigenvalue weighted by Crippen LogP contribution is 2.26. The number of hydrogen-bond donors (Lipinski definition) is 3. The van der Waals surface area contributed by atoms with Gasteiger partial charge in [0.1, 0.15) is 5.69 Å². The first-order valence-corrected chi connectivity index (χ1v) is 7.35. The fraction of sp³-hybridized carbons (Fsp3) is 0.357. The molecule has 19 heavy (non-hydrogen) atoms. The molecule has 1 amide bonds. The van der Waals surface area contributed by atoms with Gasteiger partial charge in [-0.05, 0) is 42.0 Å². The van der Waals surface area contributed by atoms with Crippen LogP contribution in [-0.2, 0) is 6.42 Å². The number of carbonyl (C=O) groups is 1. The Labute approximate surface area is 116 Å². The van der Waals surface area contributed by atoms with Gasteiger partial charge in [0, 0.05) is 24.2 Å². The number of aromatic nitrogens is 1. The minimum absolute atomic E-state index is 0.0442. The van der Waals surface area contributed by atoms with Crippen LogP contribution in [0.1, 0.15) is 32.5 Å². The van der Waals surface area contributed by atoms with E-state index in [0.29, 0.717) is 12.2 Å². The summed E-state index contributed by atoms with van der Waals surface area (Å²) in [5.41, 5.74) is 3.03. The third kappa shape index (κ3) is 2.57. The molecular formula is C14H17N3OS. The van der Waals surface area contributed by atoms with Crippen LogP contribution in [-0.4, -0.2) is 24.0 Å². The third-order valence-corrected chi connectivity index (χ3v) is 4.43. The number of hydrogen-bond acceptors (Lipinski definition) is 3. The molecule has 0 spiro atoms. The number of rotatable bonds is 3. The zero-order valence-corrected chi connectivity index (χ0v) is 11.6. The number of nitrogens with one attached hydrogen (secondary N) is 3. The summed E-state index contributed by atoms with van der Waals surface area (Å²) in [6, 6.07) is 4.25. The van der Waals surface area contributed by atoms with Crippen molar-refractivity contribution >= 4 is 17.2 Å². The van der Waals surface area contributed by atoms with Crippen molar-refractivity contribution in [2.75, 3.05) is 13.1 Å².